The molecule has 1 heterocycles. The van der Waals surface area contributed by atoms with Crippen LogP contribution in [0, 0.1) is 0 Å². The zero-order valence-corrected chi connectivity index (χ0v) is 22.4. The molecule has 3 aromatic carbocycles. The van der Waals surface area contributed by atoms with Gasteiger partial charge in [-0.15, -0.1) is 0 Å². The number of nitrogens with one attached hydrogen (secondary N) is 1. The first-order chi connectivity index (χ1) is 17.7. The highest BCUT2D eigenvalue weighted by molar-refractivity contribution is 8.18. The standard InChI is InChI=1S/C26H19Cl3N2O5S/c1-35-18-8-6-17(7-9-18)30-23(32)13-31-25(33)22(37-26(31)34)12-15-10-20(28)24(21(29)11-15)36-14-16-4-2-3-5-19(16)27/h2-12H,13-14H2,1H3,(H,30,32)/b22-12+. The molecule has 1 fully saturated rings. The van der Waals surface area contributed by atoms with Gasteiger partial charge in [-0.1, -0.05) is 53.0 Å². The van der Waals surface area contributed by atoms with E-state index in [2.05, 4.69) is 5.32 Å². The summed E-state index contributed by atoms with van der Waals surface area (Å²) in [4.78, 5) is 38.7. The number of amides is 3. The van der Waals surface area contributed by atoms with E-state index in [4.69, 9.17) is 44.3 Å². The van der Waals surface area contributed by atoms with Crippen molar-refractivity contribution in [2.24, 2.45) is 0 Å². The monoisotopic (exact) mass is 576 g/mol. The molecular weight excluding hydrogens is 559 g/mol. The van der Waals surface area contributed by atoms with Gasteiger partial charge in [0.1, 0.15) is 18.9 Å². The molecule has 0 aromatic heterocycles. The number of carbonyl (C=O) groups is 3. The molecule has 3 aromatic rings. The Kier molecular flexibility index (Phi) is 8.66. The highest BCUT2D eigenvalue weighted by Crippen LogP contribution is 2.38. The van der Waals surface area contributed by atoms with Crippen molar-refractivity contribution in [3.05, 3.63) is 91.8 Å². The predicted molar refractivity (Wildman–Crippen MR) is 147 cm³/mol. The zero-order valence-electron chi connectivity index (χ0n) is 19.3. The number of imide groups is 1. The number of halogens is 3. The van der Waals surface area contributed by atoms with Crippen LogP contribution in [0.3, 0.4) is 0 Å². The van der Waals surface area contributed by atoms with Gasteiger partial charge in [0.05, 0.1) is 22.1 Å². The summed E-state index contributed by atoms with van der Waals surface area (Å²) in [6, 6.07) is 17.0. The largest absolute Gasteiger partial charge is 0.497 e. The van der Waals surface area contributed by atoms with Crippen LogP contribution >= 0.6 is 46.6 Å². The quantitative estimate of drug-likeness (QED) is 0.293. The molecule has 1 saturated heterocycles. The van der Waals surface area contributed by atoms with Gasteiger partial charge in [0.2, 0.25) is 5.91 Å². The Morgan fingerprint density at radius 2 is 1.68 bits per heavy atom. The number of carbonyl (C=O) groups excluding carboxylic acids is 3. The van der Waals surface area contributed by atoms with Gasteiger partial charge in [0.25, 0.3) is 11.1 Å². The SMILES string of the molecule is COc1ccc(NC(=O)CN2C(=O)S/C(=C/c3cc(Cl)c(OCc4ccccc4Cl)c(Cl)c3)C2=O)cc1. The van der Waals surface area contributed by atoms with Gasteiger partial charge >= 0.3 is 0 Å². The second kappa shape index (κ2) is 11.9. The Labute approximate surface area is 232 Å². The minimum absolute atomic E-state index is 0.138. The van der Waals surface area contributed by atoms with Crippen molar-refractivity contribution in [1.29, 1.82) is 0 Å². The molecule has 0 radical (unpaired) electrons. The summed E-state index contributed by atoms with van der Waals surface area (Å²) >= 11 is 19.7. The molecule has 190 valence electrons. The lowest BCUT2D eigenvalue weighted by molar-refractivity contribution is -0.127. The summed E-state index contributed by atoms with van der Waals surface area (Å²) < 4.78 is 10.8. The molecule has 7 nitrogen and oxygen atoms in total. The third-order valence-electron chi connectivity index (χ3n) is 5.20. The van der Waals surface area contributed by atoms with Crippen molar-refractivity contribution in [2.75, 3.05) is 19.0 Å². The average molecular weight is 578 g/mol. The van der Waals surface area contributed by atoms with E-state index in [-0.39, 0.29) is 27.3 Å². The fraction of sp³-hybridized carbons (Fsp3) is 0.115. The molecule has 3 amide bonds. The summed E-state index contributed by atoms with van der Waals surface area (Å²) in [6.45, 7) is -0.264. The van der Waals surface area contributed by atoms with Crippen LogP contribution in [0.5, 0.6) is 11.5 Å². The highest BCUT2D eigenvalue weighted by atomic mass is 35.5. The van der Waals surface area contributed by atoms with E-state index in [0.29, 0.717) is 22.0 Å². The smallest absolute Gasteiger partial charge is 0.294 e. The van der Waals surface area contributed by atoms with E-state index in [0.717, 1.165) is 22.2 Å². The Bertz CT molecular complexity index is 1370. The second-order valence-corrected chi connectivity index (χ2v) is 9.95. The second-order valence-electron chi connectivity index (χ2n) is 7.74. The first kappa shape index (κ1) is 26.9. The zero-order chi connectivity index (χ0) is 26.5. The number of benzene rings is 3. The molecule has 1 aliphatic heterocycles. The van der Waals surface area contributed by atoms with Crippen LogP contribution in [0.25, 0.3) is 6.08 Å². The molecule has 0 saturated carbocycles. The minimum Gasteiger partial charge on any atom is -0.497 e. The van der Waals surface area contributed by atoms with Gasteiger partial charge in [-0.05, 0) is 65.9 Å². The van der Waals surface area contributed by atoms with Crippen LogP contribution in [0.1, 0.15) is 11.1 Å². The fourth-order valence-corrected chi connectivity index (χ4v) is 5.01. The van der Waals surface area contributed by atoms with Crippen LogP contribution in [-0.2, 0) is 16.2 Å². The maximum absolute atomic E-state index is 12.8. The lowest BCUT2D eigenvalue weighted by Crippen LogP contribution is -2.36. The molecule has 11 heteroatoms. The lowest BCUT2D eigenvalue weighted by atomic mass is 10.2. The summed E-state index contributed by atoms with van der Waals surface area (Å²) in [5.74, 6) is -0.204. The molecular formula is C26H19Cl3N2O5S. The number of ether oxygens (including phenoxy) is 2. The van der Waals surface area contributed by atoms with Crippen LogP contribution in [0.2, 0.25) is 15.1 Å². The summed E-state index contributed by atoms with van der Waals surface area (Å²) in [7, 11) is 1.54. The number of rotatable bonds is 8. The van der Waals surface area contributed by atoms with Gasteiger partial charge in [-0.2, -0.15) is 0 Å². The number of hydrogen-bond acceptors (Lipinski definition) is 6. The third-order valence-corrected chi connectivity index (χ3v) is 7.03. The predicted octanol–water partition coefficient (Wildman–Crippen LogP) is 6.91. The number of anilines is 1. The number of thioether (sulfide) groups is 1. The Balaban J connectivity index is 1.43. The summed E-state index contributed by atoms with van der Waals surface area (Å²) in [5.41, 5.74) is 1.77. The van der Waals surface area contributed by atoms with Crippen LogP contribution in [-0.4, -0.2) is 35.6 Å². The molecule has 0 unspecified atom stereocenters. The van der Waals surface area contributed by atoms with E-state index in [1.165, 1.54) is 13.2 Å². The fourth-order valence-electron chi connectivity index (χ4n) is 3.37. The van der Waals surface area contributed by atoms with E-state index >= 15 is 0 Å². The van der Waals surface area contributed by atoms with Crippen LogP contribution in [0.15, 0.2) is 65.6 Å². The molecule has 37 heavy (non-hydrogen) atoms. The lowest BCUT2D eigenvalue weighted by Gasteiger charge is -2.13. The molecule has 0 spiro atoms. The van der Waals surface area contributed by atoms with E-state index < -0.39 is 23.6 Å². The highest BCUT2D eigenvalue weighted by Gasteiger charge is 2.36. The topological polar surface area (TPSA) is 84.9 Å². The van der Waals surface area contributed by atoms with Crippen molar-refractivity contribution in [2.45, 2.75) is 6.61 Å². The van der Waals surface area contributed by atoms with Crippen molar-refractivity contribution in [1.82, 2.24) is 4.90 Å². The van der Waals surface area contributed by atoms with Gasteiger partial charge in [-0.3, -0.25) is 19.3 Å². The number of hydrogen-bond donors (Lipinski definition) is 1. The maximum atomic E-state index is 12.8. The molecule has 0 aliphatic carbocycles. The molecule has 1 N–H and O–H groups in total. The molecule has 0 bridgehead atoms. The summed E-state index contributed by atoms with van der Waals surface area (Å²) in [6.07, 6.45) is 1.49. The van der Waals surface area contributed by atoms with Crippen LogP contribution in [0.4, 0.5) is 10.5 Å². The minimum atomic E-state index is -0.592. The van der Waals surface area contributed by atoms with Gasteiger partial charge in [0, 0.05) is 16.3 Å². The van der Waals surface area contributed by atoms with Gasteiger partial charge in [0.15, 0.2) is 5.75 Å². The first-order valence-corrected chi connectivity index (χ1v) is 12.7. The number of nitrogens with zero attached hydrogens (tertiary/aromatic N) is 1. The molecule has 0 atom stereocenters. The molecule has 1 aliphatic rings. The van der Waals surface area contributed by atoms with Gasteiger partial charge in [-0.25, -0.2) is 0 Å². The van der Waals surface area contributed by atoms with Crippen LogP contribution < -0.4 is 14.8 Å². The Hall–Kier alpha value is -3.17. The van der Waals surface area contributed by atoms with E-state index in [9.17, 15) is 14.4 Å². The van der Waals surface area contributed by atoms with Crippen molar-refractivity contribution in [3.8, 4) is 11.5 Å². The number of methoxy groups -OCH3 is 1. The molecule has 4 rings (SSSR count). The van der Waals surface area contributed by atoms with E-state index in [1.807, 2.05) is 18.2 Å². The average Bonchev–Trinajstić information content (AvgIpc) is 3.12. The Morgan fingerprint density at radius 1 is 1.00 bits per heavy atom. The van der Waals surface area contributed by atoms with Crippen molar-refractivity contribution >= 4 is 75.4 Å². The summed E-state index contributed by atoms with van der Waals surface area (Å²) in [5, 5.41) is 3.10. The first-order valence-electron chi connectivity index (χ1n) is 10.8. The normalized spacial score (nSPS) is 14.3. The third kappa shape index (κ3) is 6.59. The maximum Gasteiger partial charge on any atom is 0.294 e. The van der Waals surface area contributed by atoms with Gasteiger partial charge < -0.3 is 14.8 Å². The van der Waals surface area contributed by atoms with E-state index in [1.54, 1.807) is 42.5 Å². The Morgan fingerprint density at radius 3 is 2.32 bits per heavy atom. The van der Waals surface area contributed by atoms with Crippen molar-refractivity contribution < 1.29 is 23.9 Å². The van der Waals surface area contributed by atoms with Crippen molar-refractivity contribution in [3.63, 3.8) is 0 Å².